The molecule has 0 aromatic rings. The molecule has 0 aromatic carbocycles. The number of thioether (sulfide) groups is 2. The Morgan fingerprint density at radius 3 is 1.82 bits per heavy atom. The summed E-state index contributed by atoms with van der Waals surface area (Å²) in [6, 6.07) is 0. The van der Waals surface area contributed by atoms with E-state index >= 15 is 0 Å². The summed E-state index contributed by atoms with van der Waals surface area (Å²) in [5.41, 5.74) is 0. The zero-order chi connectivity index (χ0) is 28.1. The lowest BCUT2D eigenvalue weighted by Crippen LogP contribution is -2.23. The standard InChI is InChI=1S/C31H57NO4S2/c1-4-6-7-8-9-10-11-12-13-14-15-16-17-18-19-20-24-36-30(34)22-25-38-31(35)27-29(21-5-2)37-26-23-32-28(3)33/h5,21,29H,4,6-20,22-27H2,1-3H3,(H,32,33)/b21-5+. The van der Waals surface area contributed by atoms with Gasteiger partial charge in [0.15, 0.2) is 5.12 Å². The highest BCUT2D eigenvalue weighted by Gasteiger charge is 2.13. The maximum absolute atomic E-state index is 12.3. The van der Waals surface area contributed by atoms with Gasteiger partial charge in [-0.15, -0.1) is 0 Å². The second kappa shape index (κ2) is 29.0. The molecular weight excluding hydrogens is 514 g/mol. The fraction of sp³-hybridized carbons (Fsp3) is 0.839. The summed E-state index contributed by atoms with van der Waals surface area (Å²) < 4.78 is 5.33. The number of ether oxygens (including phenoxy) is 1. The molecule has 0 radical (unpaired) electrons. The summed E-state index contributed by atoms with van der Waals surface area (Å²) in [6.45, 7) is 6.80. The van der Waals surface area contributed by atoms with Gasteiger partial charge in [0, 0.05) is 36.6 Å². The number of carbonyl (C=O) groups excluding carboxylic acids is 3. The minimum Gasteiger partial charge on any atom is -0.466 e. The molecule has 7 heteroatoms. The van der Waals surface area contributed by atoms with E-state index in [-0.39, 0.29) is 28.7 Å². The zero-order valence-electron chi connectivity index (χ0n) is 24.7. The molecule has 1 atom stereocenters. The summed E-state index contributed by atoms with van der Waals surface area (Å²) in [4.78, 5) is 35.2. The van der Waals surface area contributed by atoms with Crippen molar-refractivity contribution in [2.75, 3.05) is 24.7 Å². The molecule has 0 spiro atoms. The van der Waals surface area contributed by atoms with E-state index in [0.717, 1.165) is 18.6 Å². The quantitative estimate of drug-likeness (QED) is 0.0604. The van der Waals surface area contributed by atoms with Crippen LogP contribution in [0, 0.1) is 0 Å². The number of rotatable bonds is 27. The Hall–Kier alpha value is -0.950. The minimum atomic E-state index is -0.207. The van der Waals surface area contributed by atoms with Crippen molar-refractivity contribution in [2.45, 2.75) is 142 Å². The van der Waals surface area contributed by atoms with Crippen molar-refractivity contribution >= 4 is 40.5 Å². The Morgan fingerprint density at radius 1 is 0.789 bits per heavy atom. The first-order chi connectivity index (χ1) is 18.5. The Labute approximate surface area is 242 Å². The molecule has 38 heavy (non-hydrogen) atoms. The van der Waals surface area contributed by atoms with Crippen LogP contribution in [0.3, 0.4) is 0 Å². The Kier molecular flexibility index (Phi) is 28.3. The maximum Gasteiger partial charge on any atom is 0.306 e. The van der Waals surface area contributed by atoms with Crippen LogP contribution >= 0.6 is 23.5 Å². The van der Waals surface area contributed by atoms with Crippen molar-refractivity contribution in [3.8, 4) is 0 Å². The minimum absolute atomic E-state index is 0.0403. The van der Waals surface area contributed by atoms with Crippen LogP contribution < -0.4 is 5.32 Å². The van der Waals surface area contributed by atoms with Gasteiger partial charge in [-0.05, 0) is 13.3 Å². The van der Waals surface area contributed by atoms with Crippen molar-refractivity contribution in [3.05, 3.63) is 12.2 Å². The molecule has 0 rings (SSSR count). The van der Waals surface area contributed by atoms with Crippen LogP contribution in [0.2, 0.25) is 0 Å². The van der Waals surface area contributed by atoms with Gasteiger partial charge in [0.2, 0.25) is 5.91 Å². The number of unbranched alkanes of at least 4 members (excludes halogenated alkanes) is 15. The smallest absolute Gasteiger partial charge is 0.306 e. The first-order valence-corrected chi connectivity index (χ1v) is 17.3. The van der Waals surface area contributed by atoms with Gasteiger partial charge >= 0.3 is 5.97 Å². The summed E-state index contributed by atoms with van der Waals surface area (Å²) in [6.07, 6.45) is 25.9. The fourth-order valence-corrected chi connectivity index (χ4v) is 6.17. The molecule has 0 aliphatic rings. The number of esters is 1. The molecule has 0 saturated carbocycles. The molecule has 0 aromatic heterocycles. The molecule has 222 valence electrons. The van der Waals surface area contributed by atoms with E-state index in [1.165, 1.54) is 109 Å². The van der Waals surface area contributed by atoms with Crippen LogP contribution in [0.5, 0.6) is 0 Å². The average molecular weight is 572 g/mol. The molecule has 0 heterocycles. The zero-order valence-corrected chi connectivity index (χ0v) is 26.4. The summed E-state index contributed by atoms with van der Waals surface area (Å²) in [7, 11) is 0. The Morgan fingerprint density at radius 2 is 1.32 bits per heavy atom. The lowest BCUT2D eigenvalue weighted by Gasteiger charge is -2.11. The van der Waals surface area contributed by atoms with Crippen LogP contribution in [0.25, 0.3) is 0 Å². The van der Waals surface area contributed by atoms with Crippen molar-refractivity contribution < 1.29 is 19.1 Å². The largest absolute Gasteiger partial charge is 0.466 e. The normalized spacial score (nSPS) is 12.1. The van der Waals surface area contributed by atoms with E-state index in [2.05, 4.69) is 12.2 Å². The van der Waals surface area contributed by atoms with Gasteiger partial charge in [-0.2, -0.15) is 11.8 Å². The van der Waals surface area contributed by atoms with Gasteiger partial charge in [0.25, 0.3) is 0 Å². The highest BCUT2D eigenvalue weighted by atomic mass is 32.2. The van der Waals surface area contributed by atoms with Crippen molar-refractivity contribution in [1.29, 1.82) is 0 Å². The van der Waals surface area contributed by atoms with Crippen LogP contribution in [-0.2, 0) is 19.1 Å². The third kappa shape index (κ3) is 28.1. The molecule has 0 aliphatic heterocycles. The van der Waals surface area contributed by atoms with Gasteiger partial charge < -0.3 is 10.1 Å². The van der Waals surface area contributed by atoms with Gasteiger partial charge in [-0.25, -0.2) is 0 Å². The third-order valence-electron chi connectivity index (χ3n) is 6.41. The van der Waals surface area contributed by atoms with Crippen LogP contribution in [-0.4, -0.2) is 46.9 Å². The average Bonchev–Trinajstić information content (AvgIpc) is 2.88. The summed E-state index contributed by atoms with van der Waals surface area (Å²) >= 11 is 2.87. The van der Waals surface area contributed by atoms with E-state index in [9.17, 15) is 14.4 Å². The van der Waals surface area contributed by atoms with Crippen LogP contribution in [0.1, 0.15) is 136 Å². The second-order valence-corrected chi connectivity index (χ2v) is 12.6. The lowest BCUT2D eigenvalue weighted by molar-refractivity contribution is -0.143. The second-order valence-electron chi connectivity index (χ2n) is 10.1. The predicted octanol–water partition coefficient (Wildman–Crippen LogP) is 8.65. The monoisotopic (exact) mass is 571 g/mol. The Balaban J connectivity index is 3.52. The van der Waals surface area contributed by atoms with Gasteiger partial charge in [0.1, 0.15) is 0 Å². The molecule has 5 nitrogen and oxygen atoms in total. The topological polar surface area (TPSA) is 72.5 Å². The van der Waals surface area contributed by atoms with Crippen LogP contribution in [0.4, 0.5) is 0 Å². The predicted molar refractivity (Wildman–Crippen MR) is 167 cm³/mol. The van der Waals surface area contributed by atoms with Crippen molar-refractivity contribution in [2.24, 2.45) is 0 Å². The molecule has 0 fully saturated rings. The maximum atomic E-state index is 12.3. The van der Waals surface area contributed by atoms with E-state index in [0.29, 0.717) is 25.3 Å². The molecule has 0 bridgehead atoms. The molecule has 0 aliphatic carbocycles. The SMILES string of the molecule is C/C=C/C(CC(=O)SCCC(=O)OCCCCCCCCCCCCCCCCCC)SCCNC(C)=O. The van der Waals surface area contributed by atoms with E-state index in [4.69, 9.17) is 4.74 Å². The molecule has 1 N–H and O–H groups in total. The summed E-state index contributed by atoms with van der Waals surface area (Å²) in [5.74, 6) is 0.982. The molecular formula is C31H57NO4S2. The Bertz CT molecular complexity index is 613. The number of carbonyl (C=O) groups is 3. The highest BCUT2D eigenvalue weighted by Crippen LogP contribution is 2.20. The first-order valence-electron chi connectivity index (χ1n) is 15.3. The van der Waals surface area contributed by atoms with Crippen molar-refractivity contribution in [1.82, 2.24) is 5.32 Å². The summed E-state index contributed by atoms with van der Waals surface area (Å²) in [5, 5.41) is 2.95. The molecule has 1 unspecified atom stereocenters. The molecule has 1 amide bonds. The van der Waals surface area contributed by atoms with E-state index < -0.39 is 0 Å². The van der Waals surface area contributed by atoms with Gasteiger partial charge in [-0.3, -0.25) is 14.4 Å². The van der Waals surface area contributed by atoms with Gasteiger partial charge in [0.05, 0.1) is 13.0 Å². The van der Waals surface area contributed by atoms with E-state index in [1.807, 2.05) is 19.1 Å². The van der Waals surface area contributed by atoms with E-state index in [1.54, 1.807) is 11.8 Å². The lowest BCUT2D eigenvalue weighted by atomic mass is 10.0. The number of hydrogen-bond acceptors (Lipinski definition) is 6. The number of hydrogen-bond donors (Lipinski definition) is 1. The fourth-order valence-electron chi connectivity index (χ4n) is 4.21. The number of nitrogens with one attached hydrogen (secondary N) is 1. The van der Waals surface area contributed by atoms with Crippen molar-refractivity contribution in [3.63, 3.8) is 0 Å². The number of amides is 1. The first kappa shape index (κ1) is 37.0. The number of allylic oxidation sites excluding steroid dienone is 1. The third-order valence-corrected chi connectivity index (χ3v) is 8.50. The molecule has 0 saturated heterocycles. The highest BCUT2D eigenvalue weighted by molar-refractivity contribution is 8.13. The van der Waals surface area contributed by atoms with Crippen LogP contribution in [0.15, 0.2) is 12.2 Å². The van der Waals surface area contributed by atoms with Gasteiger partial charge in [-0.1, -0.05) is 127 Å².